The second-order valence-corrected chi connectivity index (χ2v) is 4.47. The molecule has 3 nitrogen and oxygen atoms in total. The number of aliphatic hydroxyl groups is 1. The molecule has 88 valence electrons. The normalized spacial score (nSPS) is 29.3. The van der Waals surface area contributed by atoms with E-state index < -0.39 is 0 Å². The summed E-state index contributed by atoms with van der Waals surface area (Å²) < 4.78 is 5.14. The van der Waals surface area contributed by atoms with Gasteiger partial charge in [-0.15, -0.1) is 0 Å². The van der Waals surface area contributed by atoms with Crippen LogP contribution in [0.4, 0.5) is 0 Å². The van der Waals surface area contributed by atoms with Crippen molar-refractivity contribution >= 4 is 0 Å². The maximum atomic E-state index is 9.33. The van der Waals surface area contributed by atoms with Crippen molar-refractivity contribution in [3.8, 4) is 5.75 Å². The van der Waals surface area contributed by atoms with Crippen LogP contribution in [0.25, 0.3) is 0 Å². The van der Waals surface area contributed by atoms with Crippen molar-refractivity contribution in [1.29, 1.82) is 0 Å². The van der Waals surface area contributed by atoms with E-state index in [0.717, 1.165) is 12.2 Å². The first-order valence-electron chi connectivity index (χ1n) is 5.75. The highest BCUT2D eigenvalue weighted by atomic mass is 16.5. The van der Waals surface area contributed by atoms with Gasteiger partial charge in [0.25, 0.3) is 0 Å². The van der Waals surface area contributed by atoms with Gasteiger partial charge in [-0.3, -0.25) is 0 Å². The number of nitrogens with one attached hydrogen (secondary N) is 1. The van der Waals surface area contributed by atoms with E-state index in [-0.39, 0.29) is 12.6 Å². The lowest BCUT2D eigenvalue weighted by Gasteiger charge is -2.17. The van der Waals surface area contributed by atoms with Gasteiger partial charge in [-0.25, -0.2) is 0 Å². The zero-order valence-corrected chi connectivity index (χ0v) is 9.81. The van der Waals surface area contributed by atoms with Crippen LogP contribution >= 0.6 is 0 Å². The lowest BCUT2D eigenvalue weighted by Crippen LogP contribution is -2.32. The standard InChI is InChI=1S/C13H19NO2/c1-9-7-12(13(8-15)14-9)10-3-5-11(16-2)6-4-10/h3-6,9,12-15H,7-8H2,1-2H3/t9-,12-,13-/m1/s1. The van der Waals surface area contributed by atoms with E-state index in [4.69, 9.17) is 4.74 Å². The van der Waals surface area contributed by atoms with Crippen molar-refractivity contribution in [1.82, 2.24) is 5.32 Å². The molecule has 0 bridgehead atoms. The van der Waals surface area contributed by atoms with E-state index in [0.29, 0.717) is 12.0 Å². The number of hydrogen-bond donors (Lipinski definition) is 2. The van der Waals surface area contributed by atoms with E-state index in [9.17, 15) is 5.11 Å². The van der Waals surface area contributed by atoms with Gasteiger partial charge in [0.15, 0.2) is 0 Å². The highest BCUT2D eigenvalue weighted by molar-refractivity contribution is 5.31. The van der Waals surface area contributed by atoms with Gasteiger partial charge in [0.1, 0.15) is 5.75 Å². The molecule has 0 aromatic heterocycles. The van der Waals surface area contributed by atoms with Crippen molar-refractivity contribution in [2.75, 3.05) is 13.7 Å². The molecule has 0 amide bonds. The van der Waals surface area contributed by atoms with Gasteiger partial charge in [-0.1, -0.05) is 12.1 Å². The van der Waals surface area contributed by atoms with Crippen LogP contribution in [0.1, 0.15) is 24.8 Å². The molecule has 0 spiro atoms. The van der Waals surface area contributed by atoms with Gasteiger partial charge in [0.05, 0.1) is 13.7 Å². The Hall–Kier alpha value is -1.06. The van der Waals surface area contributed by atoms with Crippen LogP contribution in [0.3, 0.4) is 0 Å². The van der Waals surface area contributed by atoms with Crippen LogP contribution in [-0.4, -0.2) is 30.9 Å². The van der Waals surface area contributed by atoms with Crippen LogP contribution in [0, 0.1) is 0 Å². The Bertz CT molecular complexity index is 336. The van der Waals surface area contributed by atoms with E-state index in [1.807, 2.05) is 12.1 Å². The lowest BCUT2D eigenvalue weighted by molar-refractivity contribution is 0.243. The smallest absolute Gasteiger partial charge is 0.118 e. The molecule has 1 aliphatic rings. The zero-order valence-electron chi connectivity index (χ0n) is 9.81. The van der Waals surface area contributed by atoms with E-state index in [1.165, 1.54) is 5.56 Å². The molecule has 0 aliphatic carbocycles. The summed E-state index contributed by atoms with van der Waals surface area (Å²) in [5.41, 5.74) is 1.27. The molecule has 1 heterocycles. The third-order valence-corrected chi connectivity index (χ3v) is 3.33. The minimum atomic E-state index is 0.184. The average Bonchev–Trinajstić information content (AvgIpc) is 2.70. The number of aliphatic hydroxyl groups excluding tert-OH is 1. The Labute approximate surface area is 96.4 Å². The highest BCUT2D eigenvalue weighted by Crippen LogP contribution is 2.31. The first kappa shape index (κ1) is 11.4. The summed E-state index contributed by atoms with van der Waals surface area (Å²) in [6.07, 6.45) is 1.08. The molecule has 0 radical (unpaired) electrons. The minimum absolute atomic E-state index is 0.184. The predicted molar refractivity (Wildman–Crippen MR) is 63.8 cm³/mol. The topological polar surface area (TPSA) is 41.5 Å². The molecule has 1 aromatic carbocycles. The molecular weight excluding hydrogens is 202 g/mol. The zero-order chi connectivity index (χ0) is 11.5. The first-order chi connectivity index (χ1) is 7.74. The van der Waals surface area contributed by atoms with Crippen molar-refractivity contribution < 1.29 is 9.84 Å². The number of methoxy groups -OCH3 is 1. The molecule has 1 fully saturated rings. The maximum Gasteiger partial charge on any atom is 0.118 e. The van der Waals surface area contributed by atoms with Crippen LogP contribution in [0.15, 0.2) is 24.3 Å². The van der Waals surface area contributed by atoms with E-state index in [1.54, 1.807) is 7.11 Å². The summed E-state index contributed by atoms with van der Waals surface area (Å²) in [6, 6.07) is 8.80. The predicted octanol–water partition coefficient (Wildman–Crippen LogP) is 1.52. The number of hydrogen-bond acceptors (Lipinski definition) is 3. The fourth-order valence-corrected chi connectivity index (χ4v) is 2.49. The minimum Gasteiger partial charge on any atom is -0.497 e. The monoisotopic (exact) mass is 221 g/mol. The lowest BCUT2D eigenvalue weighted by atomic mass is 9.91. The third kappa shape index (κ3) is 2.20. The summed E-state index contributed by atoms with van der Waals surface area (Å²) in [4.78, 5) is 0. The second-order valence-electron chi connectivity index (χ2n) is 4.47. The van der Waals surface area contributed by atoms with E-state index >= 15 is 0 Å². The molecule has 2 rings (SSSR count). The Balaban J connectivity index is 2.16. The maximum absolute atomic E-state index is 9.33. The molecule has 1 aliphatic heterocycles. The third-order valence-electron chi connectivity index (χ3n) is 3.33. The molecule has 1 saturated heterocycles. The van der Waals surface area contributed by atoms with Crippen molar-refractivity contribution in [2.45, 2.75) is 31.3 Å². The Morgan fingerprint density at radius 3 is 2.62 bits per heavy atom. The molecule has 1 aromatic rings. The highest BCUT2D eigenvalue weighted by Gasteiger charge is 2.31. The van der Waals surface area contributed by atoms with Crippen molar-refractivity contribution in [3.05, 3.63) is 29.8 Å². The SMILES string of the molecule is COc1ccc([C@H]2C[C@@H](C)N[C@@H]2CO)cc1. The molecule has 0 saturated carbocycles. The van der Waals surface area contributed by atoms with Gasteiger partial charge >= 0.3 is 0 Å². The molecule has 16 heavy (non-hydrogen) atoms. The van der Waals surface area contributed by atoms with Gasteiger partial charge < -0.3 is 15.2 Å². The summed E-state index contributed by atoms with van der Waals surface area (Å²) in [7, 11) is 1.67. The van der Waals surface area contributed by atoms with Crippen molar-refractivity contribution in [2.24, 2.45) is 0 Å². The average molecular weight is 221 g/mol. The molecular formula is C13H19NO2. The molecule has 3 atom stereocenters. The van der Waals surface area contributed by atoms with Crippen molar-refractivity contribution in [3.63, 3.8) is 0 Å². The number of ether oxygens (including phenoxy) is 1. The van der Waals surface area contributed by atoms with Gasteiger partial charge in [0.2, 0.25) is 0 Å². The second kappa shape index (κ2) is 4.85. The summed E-state index contributed by atoms with van der Waals surface area (Å²) in [5.74, 6) is 1.29. The van der Waals surface area contributed by atoms with Crippen LogP contribution in [-0.2, 0) is 0 Å². The Morgan fingerprint density at radius 1 is 1.38 bits per heavy atom. The first-order valence-corrected chi connectivity index (χ1v) is 5.75. The summed E-state index contributed by atoms with van der Waals surface area (Å²) in [5, 5.41) is 12.7. The molecule has 3 heteroatoms. The molecule has 2 N–H and O–H groups in total. The van der Waals surface area contributed by atoms with Crippen LogP contribution in [0.2, 0.25) is 0 Å². The Kier molecular flexibility index (Phi) is 3.46. The fourth-order valence-electron chi connectivity index (χ4n) is 2.49. The van der Waals surface area contributed by atoms with E-state index in [2.05, 4.69) is 24.4 Å². The summed E-state index contributed by atoms with van der Waals surface area (Å²) >= 11 is 0. The largest absolute Gasteiger partial charge is 0.497 e. The quantitative estimate of drug-likeness (QED) is 0.813. The van der Waals surface area contributed by atoms with Gasteiger partial charge in [-0.2, -0.15) is 0 Å². The van der Waals surface area contributed by atoms with Gasteiger partial charge in [0, 0.05) is 18.0 Å². The van der Waals surface area contributed by atoms with Crippen LogP contribution in [0.5, 0.6) is 5.75 Å². The summed E-state index contributed by atoms with van der Waals surface area (Å²) in [6.45, 7) is 2.35. The fraction of sp³-hybridized carbons (Fsp3) is 0.538. The molecule has 0 unspecified atom stereocenters. The number of benzene rings is 1. The van der Waals surface area contributed by atoms with Gasteiger partial charge in [-0.05, 0) is 31.0 Å². The number of rotatable bonds is 3. The Morgan fingerprint density at radius 2 is 2.06 bits per heavy atom. The van der Waals surface area contributed by atoms with Crippen LogP contribution < -0.4 is 10.1 Å².